The molecule has 0 radical (unpaired) electrons. The van der Waals surface area contributed by atoms with Crippen LogP contribution in [-0.4, -0.2) is 13.1 Å². The number of rotatable bonds is 3. The van der Waals surface area contributed by atoms with E-state index in [2.05, 4.69) is 66.8 Å². The normalized spacial score (nSPS) is 17.9. The van der Waals surface area contributed by atoms with Gasteiger partial charge in [-0.3, -0.25) is 0 Å². The van der Waals surface area contributed by atoms with E-state index in [1.54, 1.807) is 0 Å². The molecule has 3 rings (SSSR count). The van der Waals surface area contributed by atoms with Gasteiger partial charge in [0.15, 0.2) is 0 Å². The van der Waals surface area contributed by atoms with E-state index in [4.69, 9.17) is 0 Å². The summed E-state index contributed by atoms with van der Waals surface area (Å²) in [6.07, 6.45) is 2.54. The van der Waals surface area contributed by atoms with Crippen LogP contribution in [0.15, 0.2) is 54.6 Å². The summed E-state index contributed by atoms with van der Waals surface area (Å²) < 4.78 is 0. The smallest absolute Gasteiger partial charge is 0.0119 e. The van der Waals surface area contributed by atoms with Crippen molar-refractivity contribution in [2.24, 2.45) is 5.92 Å². The molecule has 1 fully saturated rings. The Kier molecular flexibility index (Phi) is 4.17. The van der Waals surface area contributed by atoms with Gasteiger partial charge < -0.3 is 5.32 Å². The standard InChI is InChI=1S/C19H23N/c1-15-6-5-9-18(14-15)19(16-7-3-2-4-8-16)17-10-12-20-13-11-17/h2-9,14,17,19-20H,10-13H2,1H3. The first-order valence-electron chi connectivity index (χ1n) is 7.67. The van der Waals surface area contributed by atoms with Gasteiger partial charge in [0.1, 0.15) is 0 Å². The first kappa shape index (κ1) is 13.4. The molecule has 1 N–H and O–H groups in total. The van der Waals surface area contributed by atoms with E-state index in [-0.39, 0.29) is 0 Å². The number of nitrogens with one attached hydrogen (secondary N) is 1. The van der Waals surface area contributed by atoms with E-state index in [1.807, 2.05) is 0 Å². The SMILES string of the molecule is Cc1cccc(C(c2ccccc2)C2CCNCC2)c1. The van der Waals surface area contributed by atoms with Crippen molar-refractivity contribution in [3.05, 3.63) is 71.3 Å². The van der Waals surface area contributed by atoms with Crippen molar-refractivity contribution in [3.8, 4) is 0 Å². The minimum atomic E-state index is 0.540. The topological polar surface area (TPSA) is 12.0 Å². The summed E-state index contributed by atoms with van der Waals surface area (Å²) in [7, 11) is 0. The second-order valence-electron chi connectivity index (χ2n) is 5.89. The molecular weight excluding hydrogens is 242 g/mol. The van der Waals surface area contributed by atoms with Gasteiger partial charge in [0.25, 0.3) is 0 Å². The quantitative estimate of drug-likeness (QED) is 0.880. The molecule has 1 heterocycles. The third-order valence-electron chi connectivity index (χ3n) is 4.42. The molecule has 0 saturated carbocycles. The Labute approximate surface area is 122 Å². The lowest BCUT2D eigenvalue weighted by atomic mass is 9.76. The molecule has 0 amide bonds. The molecule has 0 aromatic heterocycles. The van der Waals surface area contributed by atoms with Gasteiger partial charge in [-0.05, 0) is 49.9 Å². The number of hydrogen-bond donors (Lipinski definition) is 1. The Morgan fingerprint density at radius 3 is 2.30 bits per heavy atom. The van der Waals surface area contributed by atoms with Gasteiger partial charge in [0.05, 0.1) is 0 Å². The second kappa shape index (κ2) is 6.23. The fraction of sp³-hybridized carbons (Fsp3) is 0.368. The van der Waals surface area contributed by atoms with Crippen LogP contribution in [0, 0.1) is 12.8 Å². The third-order valence-corrected chi connectivity index (χ3v) is 4.42. The third kappa shape index (κ3) is 2.94. The Morgan fingerprint density at radius 2 is 1.60 bits per heavy atom. The van der Waals surface area contributed by atoms with Crippen molar-refractivity contribution < 1.29 is 0 Å². The summed E-state index contributed by atoms with van der Waals surface area (Å²) in [6.45, 7) is 4.49. The van der Waals surface area contributed by atoms with E-state index in [9.17, 15) is 0 Å². The molecule has 1 aliphatic rings. The van der Waals surface area contributed by atoms with Gasteiger partial charge in [-0.25, -0.2) is 0 Å². The van der Waals surface area contributed by atoms with Crippen molar-refractivity contribution >= 4 is 0 Å². The summed E-state index contributed by atoms with van der Waals surface area (Å²) >= 11 is 0. The highest BCUT2D eigenvalue weighted by atomic mass is 14.9. The van der Waals surface area contributed by atoms with Gasteiger partial charge >= 0.3 is 0 Å². The minimum absolute atomic E-state index is 0.540. The van der Waals surface area contributed by atoms with Crippen LogP contribution in [0.1, 0.15) is 35.4 Å². The minimum Gasteiger partial charge on any atom is -0.317 e. The zero-order valence-electron chi connectivity index (χ0n) is 12.2. The maximum Gasteiger partial charge on any atom is 0.0119 e. The number of aryl methyl sites for hydroxylation is 1. The second-order valence-corrected chi connectivity index (χ2v) is 5.89. The average Bonchev–Trinajstić information content (AvgIpc) is 2.50. The molecule has 0 bridgehead atoms. The van der Waals surface area contributed by atoms with E-state index in [1.165, 1.54) is 29.5 Å². The van der Waals surface area contributed by atoms with E-state index < -0.39 is 0 Å². The first-order valence-corrected chi connectivity index (χ1v) is 7.67. The monoisotopic (exact) mass is 265 g/mol. The fourth-order valence-corrected chi connectivity index (χ4v) is 3.44. The highest BCUT2D eigenvalue weighted by Gasteiger charge is 2.26. The zero-order valence-corrected chi connectivity index (χ0v) is 12.2. The van der Waals surface area contributed by atoms with Crippen molar-refractivity contribution in [3.63, 3.8) is 0 Å². The van der Waals surface area contributed by atoms with Crippen LogP contribution in [0.5, 0.6) is 0 Å². The zero-order chi connectivity index (χ0) is 13.8. The van der Waals surface area contributed by atoms with Gasteiger partial charge in [-0.1, -0.05) is 60.2 Å². The molecule has 1 heteroatoms. The average molecular weight is 265 g/mol. The van der Waals surface area contributed by atoms with Crippen molar-refractivity contribution in [1.29, 1.82) is 0 Å². The maximum atomic E-state index is 3.48. The van der Waals surface area contributed by atoms with E-state index >= 15 is 0 Å². The predicted octanol–water partition coefficient (Wildman–Crippen LogP) is 4.13. The Bertz CT molecular complexity index is 541. The van der Waals surface area contributed by atoms with Crippen LogP contribution in [0.3, 0.4) is 0 Å². The molecule has 0 spiro atoms. The van der Waals surface area contributed by atoms with E-state index in [0.29, 0.717) is 5.92 Å². The van der Waals surface area contributed by atoms with E-state index in [0.717, 1.165) is 19.0 Å². The lowest BCUT2D eigenvalue weighted by Crippen LogP contribution is -2.31. The lowest BCUT2D eigenvalue weighted by molar-refractivity contribution is 0.342. The van der Waals surface area contributed by atoms with Crippen LogP contribution in [0.25, 0.3) is 0 Å². The number of piperidine rings is 1. The van der Waals surface area contributed by atoms with Crippen LogP contribution >= 0.6 is 0 Å². The first-order chi connectivity index (χ1) is 9.84. The van der Waals surface area contributed by atoms with Crippen LogP contribution in [0.4, 0.5) is 0 Å². The highest BCUT2D eigenvalue weighted by Crippen LogP contribution is 2.36. The molecule has 1 nitrogen and oxygen atoms in total. The van der Waals surface area contributed by atoms with Crippen molar-refractivity contribution in [1.82, 2.24) is 5.32 Å². The number of benzene rings is 2. The molecule has 2 aromatic carbocycles. The summed E-state index contributed by atoms with van der Waals surface area (Å²) in [5, 5.41) is 3.48. The van der Waals surface area contributed by atoms with Gasteiger partial charge in [0.2, 0.25) is 0 Å². The Hall–Kier alpha value is -1.60. The summed E-state index contributed by atoms with van der Waals surface area (Å²) in [6, 6.07) is 20.1. The summed E-state index contributed by atoms with van der Waals surface area (Å²) in [4.78, 5) is 0. The molecule has 1 saturated heterocycles. The fourth-order valence-electron chi connectivity index (χ4n) is 3.44. The van der Waals surface area contributed by atoms with Crippen LogP contribution in [-0.2, 0) is 0 Å². The summed E-state index contributed by atoms with van der Waals surface area (Å²) in [5.41, 5.74) is 4.30. The highest BCUT2D eigenvalue weighted by molar-refractivity contribution is 5.35. The Balaban J connectivity index is 1.98. The van der Waals surface area contributed by atoms with Gasteiger partial charge in [-0.2, -0.15) is 0 Å². The number of hydrogen-bond acceptors (Lipinski definition) is 1. The maximum absolute atomic E-state index is 3.48. The molecule has 1 atom stereocenters. The molecule has 0 aliphatic carbocycles. The molecule has 104 valence electrons. The van der Waals surface area contributed by atoms with Gasteiger partial charge in [-0.15, -0.1) is 0 Å². The molecule has 1 aliphatic heterocycles. The van der Waals surface area contributed by atoms with Crippen molar-refractivity contribution in [2.75, 3.05) is 13.1 Å². The molecular formula is C19H23N. The van der Waals surface area contributed by atoms with Crippen LogP contribution in [0.2, 0.25) is 0 Å². The molecule has 20 heavy (non-hydrogen) atoms. The van der Waals surface area contributed by atoms with Crippen LogP contribution < -0.4 is 5.32 Å². The molecule has 2 aromatic rings. The predicted molar refractivity (Wildman–Crippen MR) is 85.1 cm³/mol. The Morgan fingerprint density at radius 1 is 0.900 bits per heavy atom. The van der Waals surface area contributed by atoms with Crippen molar-refractivity contribution in [2.45, 2.75) is 25.7 Å². The lowest BCUT2D eigenvalue weighted by Gasteiger charge is -2.31. The van der Waals surface area contributed by atoms with Gasteiger partial charge in [0, 0.05) is 5.92 Å². The summed E-state index contributed by atoms with van der Waals surface area (Å²) in [5.74, 6) is 1.29. The molecule has 1 unspecified atom stereocenters. The largest absolute Gasteiger partial charge is 0.317 e.